The maximum Gasteiger partial charge on any atom is 0.351 e. The summed E-state index contributed by atoms with van der Waals surface area (Å²) in [5, 5.41) is 0. The fraction of sp³-hybridized carbons (Fsp3) is 0.435. The highest BCUT2D eigenvalue weighted by Crippen LogP contribution is 2.36. The van der Waals surface area contributed by atoms with E-state index in [1.54, 1.807) is 0 Å². The van der Waals surface area contributed by atoms with Gasteiger partial charge in [0.25, 0.3) is 0 Å². The molecule has 27 heavy (non-hydrogen) atoms. The van der Waals surface area contributed by atoms with Crippen LogP contribution in [0, 0.1) is 0 Å². The largest absolute Gasteiger partial charge is 1.00 e. The molecule has 1 heterocycles. The van der Waals surface area contributed by atoms with Gasteiger partial charge >= 0.3 is 5.96 Å². The first-order chi connectivity index (χ1) is 12.7. The molecule has 1 saturated heterocycles. The van der Waals surface area contributed by atoms with Gasteiger partial charge in [0.1, 0.15) is 12.1 Å². The average Bonchev–Trinajstić information content (AvgIpc) is 2.97. The number of rotatable bonds is 4. The van der Waals surface area contributed by atoms with Crippen molar-refractivity contribution < 1.29 is 17.0 Å². The number of benzene rings is 2. The van der Waals surface area contributed by atoms with Gasteiger partial charge < -0.3 is 12.4 Å². The average molecular weight is 384 g/mol. The van der Waals surface area contributed by atoms with Crippen LogP contribution in [0.3, 0.4) is 0 Å². The van der Waals surface area contributed by atoms with Gasteiger partial charge in [-0.15, -0.1) is 0 Å². The molecule has 2 atom stereocenters. The molecule has 1 aliphatic carbocycles. The lowest BCUT2D eigenvalue weighted by Crippen LogP contribution is -3.00. The number of hydrogen-bond acceptors (Lipinski definition) is 0. The molecule has 0 aromatic heterocycles. The Hall–Kier alpha value is -2.00. The highest BCUT2D eigenvalue weighted by molar-refractivity contribution is 5.79. The van der Waals surface area contributed by atoms with E-state index in [0.29, 0.717) is 12.1 Å². The standard InChI is InChI=1S/C23H30N3.ClH/c1-24(2)23-25(17-19-11-5-3-6-12-19)21-15-9-10-16-22(21)26(23)18-20-13-7-4-8-14-20;/h3-8,11-14,21-22H,9-10,15-18H2,1-2H3;1H/q+1;/p-1/t21-,22-;/m0./s1. The molecular formula is C23H30ClN3. The van der Waals surface area contributed by atoms with Crippen molar-refractivity contribution in [2.75, 3.05) is 14.1 Å². The van der Waals surface area contributed by atoms with Crippen LogP contribution in [0.5, 0.6) is 0 Å². The highest BCUT2D eigenvalue weighted by atomic mass is 35.5. The third-order valence-corrected chi connectivity index (χ3v) is 5.80. The molecule has 2 fully saturated rings. The number of halogens is 1. The summed E-state index contributed by atoms with van der Waals surface area (Å²) in [5.74, 6) is 1.38. The summed E-state index contributed by atoms with van der Waals surface area (Å²) in [6, 6.07) is 23.1. The predicted molar refractivity (Wildman–Crippen MR) is 107 cm³/mol. The van der Waals surface area contributed by atoms with Gasteiger partial charge in [0.15, 0.2) is 0 Å². The summed E-state index contributed by atoms with van der Waals surface area (Å²) < 4.78 is 2.32. The minimum absolute atomic E-state index is 0. The number of fused-ring (bicyclic) bond motifs is 1. The molecular weight excluding hydrogens is 354 g/mol. The van der Waals surface area contributed by atoms with Gasteiger partial charge in [0.2, 0.25) is 0 Å². The maximum absolute atomic E-state index is 2.67. The fourth-order valence-corrected chi connectivity index (χ4v) is 4.73. The number of nitrogens with zero attached hydrogens (tertiary/aromatic N) is 3. The van der Waals surface area contributed by atoms with Crippen molar-refractivity contribution in [3.8, 4) is 0 Å². The Balaban J connectivity index is 0.00000210. The van der Waals surface area contributed by atoms with Crippen molar-refractivity contribution in [1.82, 2.24) is 9.80 Å². The molecule has 0 unspecified atom stereocenters. The van der Waals surface area contributed by atoms with Crippen LogP contribution >= 0.6 is 0 Å². The molecule has 0 radical (unpaired) electrons. The van der Waals surface area contributed by atoms with Gasteiger partial charge in [0.05, 0.1) is 27.2 Å². The summed E-state index contributed by atoms with van der Waals surface area (Å²) in [5.41, 5.74) is 2.80. The first kappa shape index (κ1) is 19.8. The zero-order valence-electron chi connectivity index (χ0n) is 16.4. The second-order valence-corrected chi connectivity index (χ2v) is 7.84. The lowest BCUT2D eigenvalue weighted by Gasteiger charge is -2.27. The minimum atomic E-state index is 0. The summed E-state index contributed by atoms with van der Waals surface area (Å²) in [4.78, 5) is 5.34. The Morgan fingerprint density at radius 3 is 1.52 bits per heavy atom. The first-order valence-electron chi connectivity index (χ1n) is 9.89. The monoisotopic (exact) mass is 383 g/mol. The second-order valence-electron chi connectivity index (χ2n) is 7.84. The van der Waals surface area contributed by atoms with E-state index in [9.17, 15) is 0 Å². The molecule has 4 heteroatoms. The molecule has 2 aliphatic rings. The van der Waals surface area contributed by atoms with Crippen LogP contribution in [-0.4, -0.2) is 46.5 Å². The molecule has 0 N–H and O–H groups in total. The van der Waals surface area contributed by atoms with Crippen molar-refractivity contribution in [1.29, 1.82) is 0 Å². The van der Waals surface area contributed by atoms with Gasteiger partial charge in [-0.05, 0) is 36.8 Å². The summed E-state index contributed by atoms with van der Waals surface area (Å²) in [6.45, 7) is 2.00. The van der Waals surface area contributed by atoms with Gasteiger partial charge in [-0.1, -0.05) is 60.7 Å². The van der Waals surface area contributed by atoms with Crippen molar-refractivity contribution in [3.05, 3.63) is 71.8 Å². The summed E-state index contributed by atoms with van der Waals surface area (Å²) in [7, 11) is 4.39. The van der Waals surface area contributed by atoms with Crippen LogP contribution in [0.2, 0.25) is 0 Å². The van der Waals surface area contributed by atoms with E-state index in [2.05, 4.69) is 89.1 Å². The van der Waals surface area contributed by atoms with Gasteiger partial charge in [-0.3, -0.25) is 14.4 Å². The molecule has 0 bridgehead atoms. The van der Waals surface area contributed by atoms with Gasteiger partial charge in [-0.25, -0.2) is 0 Å². The third-order valence-electron chi connectivity index (χ3n) is 5.80. The van der Waals surface area contributed by atoms with Gasteiger partial charge in [-0.2, -0.15) is 0 Å². The molecule has 1 saturated carbocycles. The third kappa shape index (κ3) is 4.14. The zero-order valence-corrected chi connectivity index (χ0v) is 17.1. The van der Waals surface area contributed by atoms with Crippen molar-refractivity contribution in [2.45, 2.75) is 50.9 Å². The minimum Gasteiger partial charge on any atom is -1.00 e. The zero-order chi connectivity index (χ0) is 17.9. The molecule has 1 aliphatic heterocycles. The second kappa shape index (κ2) is 8.79. The van der Waals surface area contributed by atoms with Gasteiger partial charge in [0, 0.05) is 0 Å². The molecule has 0 amide bonds. The van der Waals surface area contributed by atoms with Crippen molar-refractivity contribution in [3.63, 3.8) is 0 Å². The molecule has 2 aromatic carbocycles. The van der Waals surface area contributed by atoms with E-state index in [0.717, 1.165) is 13.1 Å². The number of guanidine groups is 1. The predicted octanol–water partition coefficient (Wildman–Crippen LogP) is 0.948. The van der Waals surface area contributed by atoms with E-state index >= 15 is 0 Å². The van der Waals surface area contributed by atoms with E-state index in [1.807, 2.05) is 0 Å². The Bertz CT molecular complexity index is 696. The SMILES string of the molecule is C[N+](C)=C1N(Cc2ccccc2)[C@H]2CCCC[C@@H]2N1Cc1ccccc1.[Cl-]. The lowest BCUT2D eigenvalue weighted by atomic mass is 9.90. The fourth-order valence-electron chi connectivity index (χ4n) is 4.73. The van der Waals surface area contributed by atoms with E-state index in [1.165, 1.54) is 42.8 Å². The van der Waals surface area contributed by atoms with Crippen LogP contribution in [0.4, 0.5) is 0 Å². The lowest BCUT2D eigenvalue weighted by molar-refractivity contribution is -0.475. The maximum atomic E-state index is 2.67. The number of hydrogen-bond donors (Lipinski definition) is 0. The summed E-state index contributed by atoms with van der Waals surface area (Å²) >= 11 is 0. The molecule has 2 aromatic rings. The van der Waals surface area contributed by atoms with Crippen molar-refractivity contribution >= 4 is 5.96 Å². The van der Waals surface area contributed by atoms with Crippen LogP contribution in [0.25, 0.3) is 0 Å². The van der Waals surface area contributed by atoms with Crippen LogP contribution in [-0.2, 0) is 13.1 Å². The van der Waals surface area contributed by atoms with Crippen LogP contribution < -0.4 is 12.4 Å². The van der Waals surface area contributed by atoms with Crippen LogP contribution in [0.15, 0.2) is 60.7 Å². The Kier molecular flexibility index (Phi) is 6.43. The Labute approximate surface area is 169 Å². The van der Waals surface area contributed by atoms with E-state index < -0.39 is 0 Å². The first-order valence-corrected chi connectivity index (χ1v) is 9.89. The van der Waals surface area contributed by atoms with E-state index in [4.69, 9.17) is 0 Å². The topological polar surface area (TPSA) is 9.49 Å². The molecule has 4 rings (SSSR count). The normalized spacial score (nSPS) is 21.6. The van der Waals surface area contributed by atoms with Crippen molar-refractivity contribution in [2.24, 2.45) is 0 Å². The Morgan fingerprint density at radius 2 is 1.15 bits per heavy atom. The highest BCUT2D eigenvalue weighted by Gasteiger charge is 2.51. The van der Waals surface area contributed by atoms with Crippen LogP contribution in [0.1, 0.15) is 36.8 Å². The Morgan fingerprint density at radius 1 is 0.741 bits per heavy atom. The summed E-state index contributed by atoms with van der Waals surface area (Å²) in [6.07, 6.45) is 5.32. The molecule has 144 valence electrons. The molecule has 0 spiro atoms. The quantitative estimate of drug-likeness (QED) is 0.727. The molecule has 3 nitrogen and oxygen atoms in total. The smallest absolute Gasteiger partial charge is 0.351 e. The van der Waals surface area contributed by atoms with E-state index in [-0.39, 0.29) is 12.4 Å².